The molecule has 150 valence electrons. The molecule has 0 atom stereocenters. The summed E-state index contributed by atoms with van der Waals surface area (Å²) in [6.45, 7) is 0.145. The van der Waals surface area contributed by atoms with E-state index in [1.54, 1.807) is 12.2 Å². The second-order valence-corrected chi connectivity index (χ2v) is 8.89. The zero-order valence-corrected chi connectivity index (χ0v) is 16.9. The second kappa shape index (κ2) is 7.53. The van der Waals surface area contributed by atoms with Crippen LogP contribution in [0.2, 0.25) is 10.0 Å². The fraction of sp³-hybridized carbons (Fsp3) is 0.105. The van der Waals surface area contributed by atoms with E-state index >= 15 is 0 Å². The monoisotopic (exact) mass is 455 g/mol. The molecule has 1 aromatic heterocycles. The van der Waals surface area contributed by atoms with E-state index in [0.717, 1.165) is 0 Å². The molecule has 2 heterocycles. The van der Waals surface area contributed by atoms with Gasteiger partial charge in [0.25, 0.3) is 10.0 Å². The summed E-state index contributed by atoms with van der Waals surface area (Å²) < 4.78 is 54.7. The van der Waals surface area contributed by atoms with Crippen LogP contribution in [0.3, 0.4) is 0 Å². The molecular formula is C19H13Cl2F2N3O2S. The number of imidazole rings is 1. The van der Waals surface area contributed by atoms with Gasteiger partial charge in [-0.1, -0.05) is 41.4 Å². The number of nitrogens with zero attached hydrogens (tertiary/aromatic N) is 1. The van der Waals surface area contributed by atoms with E-state index in [1.807, 2.05) is 0 Å². The molecule has 10 heteroatoms. The van der Waals surface area contributed by atoms with Gasteiger partial charge in [-0.05, 0) is 41.5 Å². The van der Waals surface area contributed by atoms with Crippen LogP contribution in [-0.4, -0.2) is 24.9 Å². The van der Waals surface area contributed by atoms with Crippen molar-refractivity contribution < 1.29 is 17.2 Å². The fourth-order valence-corrected chi connectivity index (χ4v) is 4.60. The van der Waals surface area contributed by atoms with E-state index in [1.165, 1.54) is 36.4 Å². The lowest BCUT2D eigenvalue weighted by molar-refractivity contribution is 0.582. The van der Waals surface area contributed by atoms with Gasteiger partial charge in [0, 0.05) is 6.54 Å². The van der Waals surface area contributed by atoms with E-state index in [0.29, 0.717) is 11.1 Å². The Kier molecular flexibility index (Phi) is 5.20. The maximum absolute atomic E-state index is 13.7. The van der Waals surface area contributed by atoms with Gasteiger partial charge < -0.3 is 4.98 Å². The van der Waals surface area contributed by atoms with Gasteiger partial charge in [-0.3, -0.25) is 0 Å². The number of halogens is 4. The van der Waals surface area contributed by atoms with Crippen LogP contribution in [0.25, 0.3) is 6.08 Å². The molecular weight excluding hydrogens is 443 g/mol. The maximum atomic E-state index is 13.7. The molecule has 0 saturated heterocycles. The van der Waals surface area contributed by atoms with Crippen LogP contribution < -0.4 is 4.72 Å². The first-order valence-electron chi connectivity index (χ1n) is 8.42. The van der Waals surface area contributed by atoms with Gasteiger partial charge in [0.15, 0.2) is 5.03 Å². The van der Waals surface area contributed by atoms with Gasteiger partial charge in [0.2, 0.25) is 0 Å². The number of hydrogen-bond donors (Lipinski definition) is 2. The summed E-state index contributed by atoms with van der Waals surface area (Å²) in [6.07, 6.45) is 3.21. The molecule has 3 aromatic rings. The van der Waals surface area contributed by atoms with Crippen LogP contribution in [0.5, 0.6) is 0 Å². The summed E-state index contributed by atoms with van der Waals surface area (Å²) in [5.41, 5.74) is 1.28. The number of aromatic amines is 1. The Morgan fingerprint density at radius 3 is 2.14 bits per heavy atom. The largest absolute Gasteiger partial charge is 0.331 e. The maximum Gasteiger partial charge on any atom is 0.258 e. The SMILES string of the molecule is O=S1(=O)NCC=Cc2nc(C(c3ccc(F)c(Cl)c3)c3ccc(F)c(Cl)c3)[nH]c21. The van der Waals surface area contributed by atoms with Crippen LogP contribution in [0, 0.1) is 11.6 Å². The predicted molar refractivity (Wildman–Crippen MR) is 107 cm³/mol. The van der Waals surface area contributed by atoms with Crippen molar-refractivity contribution in [1.82, 2.24) is 14.7 Å². The number of H-pyrrole nitrogens is 1. The molecule has 29 heavy (non-hydrogen) atoms. The number of hydrogen-bond acceptors (Lipinski definition) is 3. The third kappa shape index (κ3) is 3.81. The molecule has 0 radical (unpaired) electrons. The highest BCUT2D eigenvalue weighted by Gasteiger charge is 2.28. The number of fused-ring (bicyclic) bond motifs is 1. The number of aromatic nitrogens is 2. The van der Waals surface area contributed by atoms with Crippen LogP contribution >= 0.6 is 23.2 Å². The quantitative estimate of drug-likeness (QED) is 0.611. The molecule has 0 bridgehead atoms. The topological polar surface area (TPSA) is 74.8 Å². The highest BCUT2D eigenvalue weighted by molar-refractivity contribution is 7.89. The summed E-state index contributed by atoms with van der Waals surface area (Å²) in [5, 5.41) is -0.307. The van der Waals surface area contributed by atoms with Crippen molar-refractivity contribution in [2.45, 2.75) is 10.9 Å². The number of rotatable bonds is 3. The molecule has 0 unspecified atom stereocenters. The van der Waals surface area contributed by atoms with Crippen molar-refractivity contribution in [1.29, 1.82) is 0 Å². The van der Waals surface area contributed by atoms with Crippen LogP contribution in [0.15, 0.2) is 47.5 Å². The second-order valence-electron chi connectivity index (χ2n) is 6.37. The Bertz CT molecular complexity index is 1190. The van der Waals surface area contributed by atoms with Crippen molar-refractivity contribution >= 4 is 39.3 Å². The Hall–Kier alpha value is -2.26. The van der Waals surface area contributed by atoms with Gasteiger partial charge in [0.1, 0.15) is 23.2 Å². The molecule has 2 aromatic carbocycles. The smallest absolute Gasteiger partial charge is 0.258 e. The fourth-order valence-electron chi connectivity index (χ4n) is 3.14. The van der Waals surface area contributed by atoms with Crippen molar-refractivity contribution in [2.24, 2.45) is 0 Å². The first kappa shape index (κ1) is 20.0. The average Bonchev–Trinajstić information content (AvgIpc) is 3.04. The summed E-state index contributed by atoms with van der Waals surface area (Å²) in [4.78, 5) is 7.27. The Labute approximate surface area is 175 Å². The van der Waals surface area contributed by atoms with Crippen molar-refractivity contribution in [3.8, 4) is 0 Å². The predicted octanol–water partition coefficient (Wildman–Crippen LogP) is 4.48. The Morgan fingerprint density at radius 1 is 1.00 bits per heavy atom. The van der Waals surface area contributed by atoms with Gasteiger partial charge in [-0.25, -0.2) is 26.9 Å². The van der Waals surface area contributed by atoms with Gasteiger partial charge >= 0.3 is 0 Å². The zero-order chi connectivity index (χ0) is 20.8. The molecule has 1 aliphatic heterocycles. The lowest BCUT2D eigenvalue weighted by Crippen LogP contribution is -2.23. The Balaban J connectivity index is 1.94. The molecule has 0 saturated carbocycles. The van der Waals surface area contributed by atoms with Crippen LogP contribution in [-0.2, 0) is 10.0 Å². The highest BCUT2D eigenvalue weighted by Crippen LogP contribution is 2.35. The zero-order valence-electron chi connectivity index (χ0n) is 14.6. The van der Waals surface area contributed by atoms with Crippen molar-refractivity contribution in [3.05, 3.63) is 86.8 Å². The van der Waals surface area contributed by atoms with Gasteiger partial charge in [-0.2, -0.15) is 0 Å². The first-order chi connectivity index (χ1) is 13.8. The molecule has 0 amide bonds. The Morgan fingerprint density at radius 2 is 1.59 bits per heavy atom. The standard InChI is InChI=1S/C19H13Cl2F2N3O2S/c20-12-8-10(3-5-14(12)22)17(11-4-6-15(23)13(21)9-11)18-25-16-2-1-7-24-29(27,28)19(16)26-18/h1-6,8-9,17,24H,7H2,(H,25,26). The summed E-state index contributed by atoms with van der Waals surface area (Å²) in [7, 11) is -3.79. The molecule has 2 N–H and O–H groups in total. The van der Waals surface area contributed by atoms with Gasteiger partial charge in [-0.15, -0.1) is 0 Å². The average molecular weight is 456 g/mol. The van der Waals surface area contributed by atoms with Crippen molar-refractivity contribution in [3.63, 3.8) is 0 Å². The summed E-state index contributed by atoms with van der Waals surface area (Å²) >= 11 is 11.9. The van der Waals surface area contributed by atoms with Crippen LogP contribution in [0.1, 0.15) is 28.6 Å². The third-order valence-corrected chi connectivity index (χ3v) is 6.45. The molecule has 1 aliphatic rings. The molecule has 5 nitrogen and oxygen atoms in total. The lowest BCUT2D eigenvalue weighted by atomic mass is 9.90. The number of benzene rings is 2. The highest BCUT2D eigenvalue weighted by atomic mass is 35.5. The van der Waals surface area contributed by atoms with Gasteiger partial charge in [0.05, 0.1) is 16.0 Å². The molecule has 0 aliphatic carbocycles. The van der Waals surface area contributed by atoms with E-state index < -0.39 is 27.6 Å². The normalized spacial score (nSPS) is 15.3. The third-order valence-electron chi connectivity index (χ3n) is 4.48. The lowest BCUT2D eigenvalue weighted by Gasteiger charge is -2.17. The van der Waals surface area contributed by atoms with Crippen molar-refractivity contribution in [2.75, 3.05) is 6.54 Å². The summed E-state index contributed by atoms with van der Waals surface area (Å²) in [6, 6.07) is 8.22. The number of nitrogens with one attached hydrogen (secondary N) is 2. The molecule has 0 spiro atoms. The molecule has 4 rings (SSSR count). The summed E-state index contributed by atoms with van der Waals surface area (Å²) in [5.74, 6) is -1.63. The minimum absolute atomic E-state index is 0.0901. The number of sulfonamides is 1. The molecule has 0 fully saturated rings. The van der Waals surface area contributed by atoms with E-state index in [2.05, 4.69) is 14.7 Å². The van der Waals surface area contributed by atoms with Crippen LogP contribution in [0.4, 0.5) is 8.78 Å². The minimum atomic E-state index is -3.79. The minimum Gasteiger partial charge on any atom is -0.331 e. The first-order valence-corrected chi connectivity index (χ1v) is 10.7. The van der Waals surface area contributed by atoms with E-state index in [-0.39, 0.29) is 33.1 Å². The van der Waals surface area contributed by atoms with E-state index in [9.17, 15) is 17.2 Å². The van der Waals surface area contributed by atoms with E-state index in [4.69, 9.17) is 23.2 Å².